The normalized spacial score (nSPS) is 10.1. The predicted molar refractivity (Wildman–Crippen MR) is 86.5 cm³/mol. The summed E-state index contributed by atoms with van der Waals surface area (Å²) in [6.45, 7) is 1.74. The highest BCUT2D eigenvalue weighted by Gasteiger charge is 2.13. The van der Waals surface area contributed by atoms with Gasteiger partial charge in [-0.3, -0.25) is 19.7 Å². The molecule has 0 saturated carbocycles. The number of carbonyl (C=O) groups excluding carboxylic acids is 2. The van der Waals surface area contributed by atoms with E-state index in [0.29, 0.717) is 11.3 Å². The van der Waals surface area contributed by atoms with E-state index in [1.165, 1.54) is 12.1 Å². The van der Waals surface area contributed by atoms with Crippen molar-refractivity contribution < 1.29 is 14.5 Å². The van der Waals surface area contributed by atoms with Gasteiger partial charge in [0.15, 0.2) is 5.78 Å². The third kappa shape index (κ3) is 4.47. The van der Waals surface area contributed by atoms with E-state index in [4.69, 9.17) is 0 Å². The molecule has 0 aliphatic heterocycles. The first-order valence-electron chi connectivity index (χ1n) is 7.10. The van der Waals surface area contributed by atoms with E-state index in [9.17, 15) is 19.7 Å². The summed E-state index contributed by atoms with van der Waals surface area (Å²) in [5.74, 6) is -0.464. The number of anilines is 1. The predicted octanol–water partition coefficient (Wildman–Crippen LogP) is 3.50. The van der Waals surface area contributed by atoms with E-state index in [0.717, 1.165) is 5.56 Å². The third-order valence-electron chi connectivity index (χ3n) is 3.38. The smallest absolute Gasteiger partial charge is 0.271 e. The second-order valence-corrected chi connectivity index (χ2v) is 5.09. The van der Waals surface area contributed by atoms with Crippen LogP contribution < -0.4 is 5.32 Å². The number of nitro groups is 1. The summed E-state index contributed by atoms with van der Waals surface area (Å²) in [6, 6.07) is 13.0. The zero-order valence-corrected chi connectivity index (χ0v) is 12.6. The molecule has 0 unspecified atom stereocenters. The Morgan fingerprint density at radius 1 is 1.09 bits per heavy atom. The summed E-state index contributed by atoms with van der Waals surface area (Å²) in [5.41, 5.74) is 1.58. The molecular weight excluding hydrogens is 296 g/mol. The molecule has 0 aromatic heterocycles. The van der Waals surface area contributed by atoms with E-state index in [1.54, 1.807) is 37.3 Å². The summed E-state index contributed by atoms with van der Waals surface area (Å²) >= 11 is 0. The van der Waals surface area contributed by atoms with Crippen molar-refractivity contribution in [3.63, 3.8) is 0 Å². The fourth-order valence-electron chi connectivity index (χ4n) is 2.07. The Morgan fingerprint density at radius 3 is 2.43 bits per heavy atom. The number of hydrogen-bond donors (Lipinski definition) is 1. The van der Waals surface area contributed by atoms with Crippen molar-refractivity contribution in [2.24, 2.45) is 0 Å². The highest BCUT2D eigenvalue weighted by Crippen LogP contribution is 2.22. The van der Waals surface area contributed by atoms with Crippen LogP contribution in [0.5, 0.6) is 0 Å². The number of rotatable bonds is 6. The lowest BCUT2D eigenvalue weighted by Crippen LogP contribution is -2.14. The number of nitrogens with one attached hydrogen (secondary N) is 1. The van der Waals surface area contributed by atoms with Crippen LogP contribution in [0, 0.1) is 17.0 Å². The van der Waals surface area contributed by atoms with Crippen LogP contribution in [0.3, 0.4) is 0 Å². The number of carbonyl (C=O) groups is 2. The Kier molecular flexibility index (Phi) is 5.19. The zero-order valence-electron chi connectivity index (χ0n) is 12.6. The first-order chi connectivity index (χ1) is 11.0. The van der Waals surface area contributed by atoms with Crippen molar-refractivity contribution in [1.82, 2.24) is 0 Å². The second kappa shape index (κ2) is 7.31. The fraction of sp³-hybridized carbons (Fsp3) is 0.176. The Labute approximate surface area is 133 Å². The molecule has 2 aromatic carbocycles. The molecule has 0 aliphatic carbocycles. The van der Waals surface area contributed by atoms with Gasteiger partial charge >= 0.3 is 0 Å². The monoisotopic (exact) mass is 312 g/mol. The minimum absolute atomic E-state index is 0.0237. The van der Waals surface area contributed by atoms with Crippen LogP contribution in [0.4, 0.5) is 11.4 Å². The number of hydrogen-bond acceptors (Lipinski definition) is 4. The number of aryl methyl sites for hydroxylation is 1. The fourth-order valence-corrected chi connectivity index (χ4v) is 2.07. The van der Waals surface area contributed by atoms with Gasteiger partial charge in [-0.25, -0.2) is 0 Å². The van der Waals surface area contributed by atoms with Crippen LogP contribution >= 0.6 is 0 Å². The Balaban J connectivity index is 1.96. The summed E-state index contributed by atoms with van der Waals surface area (Å²) in [4.78, 5) is 34.1. The average Bonchev–Trinajstić information content (AvgIpc) is 2.55. The van der Waals surface area contributed by atoms with Gasteiger partial charge in [0.2, 0.25) is 5.91 Å². The number of benzene rings is 2. The van der Waals surface area contributed by atoms with Crippen LogP contribution in [0.1, 0.15) is 28.8 Å². The minimum atomic E-state index is -0.520. The van der Waals surface area contributed by atoms with E-state index >= 15 is 0 Å². The molecule has 2 rings (SSSR count). The molecular formula is C17H16N2O4. The maximum Gasteiger partial charge on any atom is 0.271 e. The maximum atomic E-state index is 11.9. The van der Waals surface area contributed by atoms with Gasteiger partial charge in [-0.2, -0.15) is 0 Å². The molecule has 1 N–H and O–H groups in total. The topological polar surface area (TPSA) is 89.3 Å². The van der Waals surface area contributed by atoms with Gasteiger partial charge in [0.25, 0.3) is 5.69 Å². The lowest BCUT2D eigenvalue weighted by Gasteiger charge is -2.08. The Bertz CT molecular complexity index is 742. The largest absolute Gasteiger partial charge is 0.326 e. The third-order valence-corrected chi connectivity index (χ3v) is 3.38. The van der Waals surface area contributed by atoms with Gasteiger partial charge in [0.1, 0.15) is 0 Å². The van der Waals surface area contributed by atoms with Gasteiger partial charge in [-0.1, -0.05) is 36.4 Å². The molecule has 2 aromatic rings. The summed E-state index contributed by atoms with van der Waals surface area (Å²) in [6.07, 6.45) is 0.111. The first-order valence-corrected chi connectivity index (χ1v) is 7.10. The summed E-state index contributed by atoms with van der Waals surface area (Å²) < 4.78 is 0. The van der Waals surface area contributed by atoms with Crippen LogP contribution in [-0.4, -0.2) is 16.6 Å². The molecule has 23 heavy (non-hydrogen) atoms. The Hall–Kier alpha value is -3.02. The van der Waals surface area contributed by atoms with Crippen LogP contribution in [0.2, 0.25) is 0 Å². The molecule has 0 atom stereocenters. The van der Waals surface area contributed by atoms with Gasteiger partial charge in [-0.05, 0) is 12.5 Å². The number of nitrogens with zero attached hydrogens (tertiary/aromatic N) is 1. The standard InChI is InChI=1S/C17H16N2O4/c1-12-7-8-14(19(22)23)11-15(12)18-17(21)10-9-16(20)13-5-3-2-4-6-13/h2-8,11H,9-10H2,1H3,(H,18,21). The zero-order chi connectivity index (χ0) is 16.8. The van der Waals surface area contributed by atoms with Crippen molar-refractivity contribution in [3.8, 4) is 0 Å². The number of non-ortho nitro benzene ring substituents is 1. The average molecular weight is 312 g/mol. The molecule has 6 nitrogen and oxygen atoms in total. The molecule has 0 heterocycles. The quantitative estimate of drug-likeness (QED) is 0.502. The lowest BCUT2D eigenvalue weighted by molar-refractivity contribution is -0.384. The summed E-state index contributed by atoms with van der Waals surface area (Å²) in [7, 11) is 0. The van der Waals surface area contributed by atoms with Crippen molar-refractivity contribution in [1.29, 1.82) is 0 Å². The van der Waals surface area contributed by atoms with Crippen molar-refractivity contribution in [2.75, 3.05) is 5.32 Å². The number of nitro benzene ring substituents is 1. The van der Waals surface area contributed by atoms with E-state index in [2.05, 4.69) is 5.32 Å². The molecule has 0 spiro atoms. The molecule has 0 fully saturated rings. The molecule has 0 bridgehead atoms. The number of amides is 1. The van der Waals surface area contributed by atoms with Crippen molar-refractivity contribution >= 4 is 23.1 Å². The first kappa shape index (κ1) is 16.4. The highest BCUT2D eigenvalue weighted by molar-refractivity contribution is 6.00. The Morgan fingerprint density at radius 2 is 1.78 bits per heavy atom. The van der Waals surface area contributed by atoms with E-state index in [1.807, 2.05) is 6.07 Å². The van der Waals surface area contributed by atoms with Gasteiger partial charge < -0.3 is 5.32 Å². The van der Waals surface area contributed by atoms with E-state index in [-0.39, 0.29) is 30.2 Å². The van der Waals surface area contributed by atoms with Gasteiger partial charge in [-0.15, -0.1) is 0 Å². The molecule has 1 amide bonds. The maximum absolute atomic E-state index is 11.9. The van der Waals surface area contributed by atoms with Crippen LogP contribution in [0.25, 0.3) is 0 Å². The summed E-state index contributed by atoms with van der Waals surface area (Å²) in [5, 5.41) is 13.4. The highest BCUT2D eigenvalue weighted by atomic mass is 16.6. The molecule has 0 radical (unpaired) electrons. The van der Waals surface area contributed by atoms with Crippen LogP contribution in [0.15, 0.2) is 48.5 Å². The number of Topliss-reactive ketones (excluding diaryl/α,β-unsaturated/α-hetero) is 1. The van der Waals surface area contributed by atoms with E-state index < -0.39 is 4.92 Å². The van der Waals surface area contributed by atoms with Crippen LogP contribution in [-0.2, 0) is 4.79 Å². The SMILES string of the molecule is Cc1ccc([N+](=O)[O-])cc1NC(=O)CCC(=O)c1ccccc1. The number of ketones is 1. The molecule has 0 aliphatic rings. The minimum Gasteiger partial charge on any atom is -0.326 e. The lowest BCUT2D eigenvalue weighted by atomic mass is 10.1. The molecule has 6 heteroatoms. The van der Waals surface area contributed by atoms with Gasteiger partial charge in [0, 0.05) is 30.5 Å². The van der Waals surface area contributed by atoms with Gasteiger partial charge in [0.05, 0.1) is 10.6 Å². The molecule has 0 saturated heterocycles. The molecule has 118 valence electrons. The van der Waals surface area contributed by atoms with Crippen molar-refractivity contribution in [3.05, 3.63) is 69.8 Å². The second-order valence-electron chi connectivity index (χ2n) is 5.09. The van der Waals surface area contributed by atoms with Crippen molar-refractivity contribution in [2.45, 2.75) is 19.8 Å².